The average molecular weight is 362 g/mol. The highest BCUT2D eigenvalue weighted by atomic mass is 16.2. The smallest absolute Gasteiger partial charge is 0.222 e. The molecular formula is C22H26N4O. The van der Waals surface area contributed by atoms with Gasteiger partial charge >= 0.3 is 0 Å². The van der Waals surface area contributed by atoms with Crippen molar-refractivity contribution >= 4 is 11.6 Å². The van der Waals surface area contributed by atoms with E-state index in [0.29, 0.717) is 18.8 Å². The Hall–Kier alpha value is -2.69. The Bertz CT molecular complexity index is 977. The molecule has 1 unspecified atom stereocenters. The highest BCUT2D eigenvalue weighted by molar-refractivity contribution is 5.77. The molecule has 2 aromatic heterocycles. The number of amides is 1. The number of aryl methyl sites for hydroxylation is 3. The molecule has 1 aliphatic rings. The summed E-state index contributed by atoms with van der Waals surface area (Å²) < 4.78 is 1.89. The van der Waals surface area contributed by atoms with E-state index in [1.165, 1.54) is 5.56 Å². The minimum atomic E-state index is 0.240. The lowest BCUT2D eigenvalue weighted by Crippen LogP contribution is -2.28. The molecule has 3 aromatic rings. The standard InChI is InChI=1S/C22H26N4O/c1-15-13-21-23-16(2)20(17(3)26(21)24-15)9-10-22(27)25-12-11-19(14-25)18-7-5-4-6-8-18/h4-8,13,19H,9-12,14H2,1-3H3. The molecule has 0 radical (unpaired) electrons. The van der Waals surface area contributed by atoms with Gasteiger partial charge in [-0.25, -0.2) is 9.50 Å². The van der Waals surface area contributed by atoms with E-state index in [9.17, 15) is 4.79 Å². The van der Waals surface area contributed by atoms with Crippen LogP contribution in [0, 0.1) is 20.8 Å². The maximum Gasteiger partial charge on any atom is 0.222 e. The predicted octanol–water partition coefficient (Wildman–Crippen LogP) is 3.60. The molecule has 1 atom stereocenters. The van der Waals surface area contributed by atoms with Gasteiger partial charge in [0.1, 0.15) is 0 Å². The van der Waals surface area contributed by atoms with Crippen molar-refractivity contribution in [1.29, 1.82) is 0 Å². The highest BCUT2D eigenvalue weighted by Crippen LogP contribution is 2.27. The minimum Gasteiger partial charge on any atom is -0.342 e. The van der Waals surface area contributed by atoms with Gasteiger partial charge in [0.25, 0.3) is 0 Å². The van der Waals surface area contributed by atoms with Gasteiger partial charge in [-0.3, -0.25) is 4.79 Å². The normalized spacial score (nSPS) is 17.0. The molecule has 3 heterocycles. The van der Waals surface area contributed by atoms with Crippen LogP contribution in [0.1, 0.15) is 47.0 Å². The first-order chi connectivity index (χ1) is 13.0. The van der Waals surface area contributed by atoms with Gasteiger partial charge < -0.3 is 4.90 Å². The van der Waals surface area contributed by atoms with Gasteiger partial charge in [0.05, 0.1) is 5.69 Å². The first-order valence-corrected chi connectivity index (χ1v) is 9.68. The van der Waals surface area contributed by atoms with Crippen molar-refractivity contribution in [2.24, 2.45) is 0 Å². The molecule has 1 amide bonds. The monoisotopic (exact) mass is 362 g/mol. The van der Waals surface area contributed by atoms with Gasteiger partial charge in [-0.15, -0.1) is 0 Å². The molecule has 0 N–H and O–H groups in total. The molecule has 1 aromatic carbocycles. The Balaban J connectivity index is 1.43. The lowest BCUT2D eigenvalue weighted by molar-refractivity contribution is -0.130. The summed E-state index contributed by atoms with van der Waals surface area (Å²) >= 11 is 0. The predicted molar refractivity (Wildman–Crippen MR) is 106 cm³/mol. The number of carbonyl (C=O) groups is 1. The van der Waals surface area contributed by atoms with Crippen LogP contribution >= 0.6 is 0 Å². The third kappa shape index (κ3) is 3.46. The third-order valence-corrected chi connectivity index (χ3v) is 5.69. The molecule has 0 spiro atoms. The summed E-state index contributed by atoms with van der Waals surface area (Å²) in [6.45, 7) is 7.75. The maximum absolute atomic E-state index is 12.8. The summed E-state index contributed by atoms with van der Waals surface area (Å²) in [5, 5.41) is 4.52. The van der Waals surface area contributed by atoms with Crippen LogP contribution in [0.5, 0.6) is 0 Å². The van der Waals surface area contributed by atoms with Crippen LogP contribution in [0.15, 0.2) is 36.4 Å². The van der Waals surface area contributed by atoms with Crippen LogP contribution in [0.25, 0.3) is 5.65 Å². The summed E-state index contributed by atoms with van der Waals surface area (Å²) in [7, 11) is 0. The molecule has 1 saturated heterocycles. The van der Waals surface area contributed by atoms with E-state index in [0.717, 1.165) is 47.8 Å². The largest absolute Gasteiger partial charge is 0.342 e. The fraction of sp³-hybridized carbons (Fsp3) is 0.409. The Morgan fingerprint density at radius 2 is 1.96 bits per heavy atom. The van der Waals surface area contributed by atoms with Gasteiger partial charge in [-0.1, -0.05) is 30.3 Å². The maximum atomic E-state index is 12.8. The third-order valence-electron chi connectivity index (χ3n) is 5.69. The molecular weight excluding hydrogens is 336 g/mol. The van der Waals surface area contributed by atoms with Gasteiger partial charge in [-0.05, 0) is 44.7 Å². The van der Waals surface area contributed by atoms with Crippen LogP contribution in [-0.4, -0.2) is 38.5 Å². The van der Waals surface area contributed by atoms with Crippen molar-refractivity contribution in [3.63, 3.8) is 0 Å². The van der Waals surface area contributed by atoms with Gasteiger partial charge in [0.2, 0.25) is 5.91 Å². The Morgan fingerprint density at radius 1 is 1.19 bits per heavy atom. The number of hydrogen-bond acceptors (Lipinski definition) is 3. The molecule has 1 fully saturated rings. The van der Waals surface area contributed by atoms with E-state index >= 15 is 0 Å². The summed E-state index contributed by atoms with van der Waals surface area (Å²) in [5.74, 6) is 0.702. The van der Waals surface area contributed by atoms with E-state index in [1.54, 1.807) is 0 Å². The number of nitrogens with zero attached hydrogens (tertiary/aromatic N) is 4. The molecule has 5 nitrogen and oxygen atoms in total. The molecule has 0 saturated carbocycles. The van der Waals surface area contributed by atoms with Crippen LogP contribution in [0.3, 0.4) is 0 Å². The van der Waals surface area contributed by atoms with E-state index in [2.05, 4.69) is 41.3 Å². The van der Waals surface area contributed by atoms with Gasteiger partial charge in [0, 0.05) is 42.9 Å². The van der Waals surface area contributed by atoms with E-state index in [-0.39, 0.29) is 5.91 Å². The number of likely N-dealkylation sites (tertiary alicyclic amines) is 1. The topological polar surface area (TPSA) is 50.5 Å². The van der Waals surface area contributed by atoms with Crippen LogP contribution in [0.2, 0.25) is 0 Å². The zero-order valence-corrected chi connectivity index (χ0v) is 16.3. The van der Waals surface area contributed by atoms with Gasteiger partial charge in [0.15, 0.2) is 5.65 Å². The fourth-order valence-electron chi connectivity index (χ4n) is 4.18. The lowest BCUT2D eigenvalue weighted by Gasteiger charge is -2.18. The van der Waals surface area contributed by atoms with E-state index in [1.807, 2.05) is 35.4 Å². The quantitative estimate of drug-likeness (QED) is 0.712. The van der Waals surface area contributed by atoms with Crippen molar-refractivity contribution in [1.82, 2.24) is 19.5 Å². The Morgan fingerprint density at radius 3 is 2.74 bits per heavy atom. The molecule has 0 aliphatic carbocycles. The first-order valence-electron chi connectivity index (χ1n) is 9.68. The van der Waals surface area contributed by atoms with Crippen molar-refractivity contribution in [2.75, 3.05) is 13.1 Å². The number of aromatic nitrogens is 3. The number of hydrogen-bond donors (Lipinski definition) is 0. The van der Waals surface area contributed by atoms with Crippen LogP contribution < -0.4 is 0 Å². The number of fused-ring (bicyclic) bond motifs is 1. The second-order valence-electron chi connectivity index (χ2n) is 7.55. The van der Waals surface area contributed by atoms with Crippen LogP contribution in [-0.2, 0) is 11.2 Å². The van der Waals surface area contributed by atoms with Crippen molar-refractivity contribution in [3.8, 4) is 0 Å². The number of carbonyl (C=O) groups excluding carboxylic acids is 1. The SMILES string of the molecule is Cc1cc2nc(C)c(CCC(=O)N3CCC(c4ccccc4)C3)c(C)n2n1. The molecule has 5 heteroatoms. The Kier molecular flexibility index (Phi) is 4.68. The summed E-state index contributed by atoms with van der Waals surface area (Å²) in [6, 6.07) is 12.5. The molecule has 27 heavy (non-hydrogen) atoms. The van der Waals surface area contributed by atoms with Crippen LogP contribution in [0.4, 0.5) is 0 Å². The second kappa shape index (κ2) is 7.14. The number of rotatable bonds is 4. The van der Waals surface area contributed by atoms with E-state index < -0.39 is 0 Å². The van der Waals surface area contributed by atoms with Crippen molar-refractivity contribution in [2.45, 2.75) is 46.0 Å². The summed E-state index contributed by atoms with van der Waals surface area (Å²) in [4.78, 5) is 19.4. The Labute approximate surface area is 160 Å². The zero-order valence-electron chi connectivity index (χ0n) is 16.3. The number of benzene rings is 1. The molecule has 1 aliphatic heterocycles. The fourth-order valence-corrected chi connectivity index (χ4v) is 4.18. The highest BCUT2D eigenvalue weighted by Gasteiger charge is 2.27. The van der Waals surface area contributed by atoms with Crippen molar-refractivity contribution in [3.05, 3.63) is 64.6 Å². The lowest BCUT2D eigenvalue weighted by atomic mass is 9.99. The minimum absolute atomic E-state index is 0.240. The first kappa shape index (κ1) is 17.7. The summed E-state index contributed by atoms with van der Waals surface area (Å²) in [5.41, 5.74) is 6.39. The molecule has 140 valence electrons. The van der Waals surface area contributed by atoms with E-state index in [4.69, 9.17) is 0 Å². The van der Waals surface area contributed by atoms with Crippen molar-refractivity contribution < 1.29 is 4.79 Å². The summed E-state index contributed by atoms with van der Waals surface area (Å²) in [6.07, 6.45) is 2.29. The zero-order chi connectivity index (χ0) is 19.0. The van der Waals surface area contributed by atoms with Gasteiger partial charge in [-0.2, -0.15) is 5.10 Å². The average Bonchev–Trinajstić information content (AvgIpc) is 3.29. The molecule has 0 bridgehead atoms. The second-order valence-corrected chi connectivity index (χ2v) is 7.55. The molecule has 4 rings (SSSR count).